The molecule has 0 aliphatic rings. The maximum absolute atomic E-state index is 11.4. The van der Waals surface area contributed by atoms with Gasteiger partial charge in [-0.1, -0.05) is 23.8 Å². The Morgan fingerprint density at radius 2 is 1.94 bits per heavy atom. The van der Waals surface area contributed by atoms with Gasteiger partial charge in [-0.3, -0.25) is 15.0 Å². The molecular formula is C12H12N2O3. The number of hydrogen-bond donors (Lipinski definition) is 3. The second-order valence-electron chi connectivity index (χ2n) is 3.95. The van der Waals surface area contributed by atoms with Gasteiger partial charge in [0.2, 0.25) is 0 Å². The highest BCUT2D eigenvalue weighted by Crippen LogP contribution is 2.23. The van der Waals surface area contributed by atoms with Gasteiger partial charge in [0.05, 0.1) is 5.69 Å². The number of aromatic amines is 2. The molecule has 0 amide bonds. The molecule has 17 heavy (non-hydrogen) atoms. The summed E-state index contributed by atoms with van der Waals surface area (Å²) in [4.78, 5) is 22.4. The molecule has 1 aromatic carbocycles. The van der Waals surface area contributed by atoms with Crippen molar-refractivity contribution in [3.8, 4) is 11.3 Å². The van der Waals surface area contributed by atoms with Gasteiger partial charge in [0.1, 0.15) is 0 Å². The first-order valence-electron chi connectivity index (χ1n) is 5.12. The molecule has 5 heteroatoms. The fourth-order valence-electron chi connectivity index (χ4n) is 1.86. The number of carboxylic acid groups (broad SMARTS) is 1. The summed E-state index contributed by atoms with van der Waals surface area (Å²) in [6.07, 6.45) is 0. The van der Waals surface area contributed by atoms with Crippen LogP contribution < -0.4 is 5.56 Å². The Hall–Kier alpha value is -2.30. The molecule has 2 aromatic rings. The minimum absolute atomic E-state index is 0.253. The predicted molar refractivity (Wildman–Crippen MR) is 63.3 cm³/mol. The van der Waals surface area contributed by atoms with Gasteiger partial charge in [0.15, 0.2) is 5.56 Å². The molecule has 2 rings (SSSR count). The van der Waals surface area contributed by atoms with Gasteiger partial charge in [-0.2, -0.15) is 0 Å². The van der Waals surface area contributed by atoms with Crippen molar-refractivity contribution in [3.05, 3.63) is 45.2 Å². The van der Waals surface area contributed by atoms with Crippen molar-refractivity contribution in [2.24, 2.45) is 0 Å². The molecule has 1 aromatic heterocycles. The lowest BCUT2D eigenvalue weighted by Gasteiger charge is -2.05. The lowest BCUT2D eigenvalue weighted by atomic mass is 10.0. The van der Waals surface area contributed by atoms with Crippen molar-refractivity contribution in [2.75, 3.05) is 0 Å². The summed E-state index contributed by atoms with van der Waals surface area (Å²) in [6, 6.07) is 5.61. The van der Waals surface area contributed by atoms with E-state index >= 15 is 0 Å². The first kappa shape index (κ1) is 11.2. The maximum Gasteiger partial charge on any atom is 0.343 e. The summed E-state index contributed by atoms with van der Waals surface area (Å²) in [7, 11) is 0. The van der Waals surface area contributed by atoms with Gasteiger partial charge in [-0.05, 0) is 19.4 Å². The molecule has 0 spiro atoms. The lowest BCUT2D eigenvalue weighted by Crippen LogP contribution is -2.12. The third-order valence-electron chi connectivity index (χ3n) is 2.64. The summed E-state index contributed by atoms with van der Waals surface area (Å²) in [5, 5.41) is 13.9. The molecule has 0 aliphatic heterocycles. The normalized spacial score (nSPS) is 10.5. The van der Waals surface area contributed by atoms with Gasteiger partial charge >= 0.3 is 5.97 Å². The highest BCUT2D eigenvalue weighted by atomic mass is 16.4. The summed E-state index contributed by atoms with van der Waals surface area (Å²) in [6.45, 7) is 3.83. The third-order valence-corrected chi connectivity index (χ3v) is 2.64. The van der Waals surface area contributed by atoms with E-state index in [1.807, 2.05) is 26.0 Å². The van der Waals surface area contributed by atoms with Gasteiger partial charge in [0.25, 0.3) is 5.56 Å². The minimum Gasteiger partial charge on any atom is -0.477 e. The van der Waals surface area contributed by atoms with E-state index < -0.39 is 11.5 Å². The number of hydrogen-bond acceptors (Lipinski definition) is 2. The van der Waals surface area contributed by atoms with E-state index in [1.165, 1.54) is 0 Å². The summed E-state index contributed by atoms with van der Waals surface area (Å²) >= 11 is 0. The molecule has 3 N–H and O–H groups in total. The Labute approximate surface area is 97.1 Å². The molecule has 0 unspecified atom stereocenters. The second-order valence-corrected chi connectivity index (χ2v) is 3.95. The zero-order valence-electron chi connectivity index (χ0n) is 9.50. The number of H-pyrrole nitrogens is 2. The molecule has 0 fully saturated rings. The SMILES string of the molecule is Cc1ccc(-c2[nH][nH]c(=O)c2C(=O)O)c(C)c1. The van der Waals surface area contributed by atoms with Crippen LogP contribution in [0.5, 0.6) is 0 Å². The fraction of sp³-hybridized carbons (Fsp3) is 0.167. The summed E-state index contributed by atoms with van der Waals surface area (Å²) < 4.78 is 0. The largest absolute Gasteiger partial charge is 0.477 e. The molecular weight excluding hydrogens is 220 g/mol. The van der Waals surface area contributed by atoms with Crippen molar-refractivity contribution < 1.29 is 9.90 Å². The quantitative estimate of drug-likeness (QED) is 0.736. The first-order chi connectivity index (χ1) is 8.00. The molecule has 0 saturated carbocycles. The Morgan fingerprint density at radius 1 is 1.24 bits per heavy atom. The van der Waals surface area contributed by atoms with Crippen LogP contribution in [0.3, 0.4) is 0 Å². The van der Waals surface area contributed by atoms with E-state index in [2.05, 4.69) is 10.2 Å². The Balaban J connectivity index is 2.69. The molecule has 0 bridgehead atoms. The lowest BCUT2D eigenvalue weighted by molar-refractivity contribution is 0.0696. The van der Waals surface area contributed by atoms with E-state index in [4.69, 9.17) is 5.11 Å². The standard InChI is InChI=1S/C12H12N2O3/c1-6-3-4-8(7(2)5-6)10-9(12(16)17)11(15)14-13-10/h3-5H,1-2H3,(H,16,17)(H2,13,14,15). The molecule has 0 aliphatic carbocycles. The number of aryl methyl sites for hydroxylation is 2. The van der Waals surface area contributed by atoms with E-state index in [-0.39, 0.29) is 5.56 Å². The average Bonchev–Trinajstić information content (AvgIpc) is 2.60. The first-order valence-corrected chi connectivity index (χ1v) is 5.12. The number of aromatic nitrogens is 2. The van der Waals surface area contributed by atoms with Crippen molar-refractivity contribution >= 4 is 5.97 Å². The van der Waals surface area contributed by atoms with Crippen LogP contribution in [0.2, 0.25) is 0 Å². The molecule has 5 nitrogen and oxygen atoms in total. The van der Waals surface area contributed by atoms with Crippen molar-refractivity contribution in [2.45, 2.75) is 13.8 Å². The second kappa shape index (κ2) is 3.93. The van der Waals surface area contributed by atoms with Crippen LogP contribution in [0.25, 0.3) is 11.3 Å². The summed E-state index contributed by atoms with van der Waals surface area (Å²) in [5.41, 5.74) is 2.17. The van der Waals surface area contributed by atoms with E-state index in [0.29, 0.717) is 11.3 Å². The number of benzene rings is 1. The van der Waals surface area contributed by atoms with Crippen molar-refractivity contribution in [3.63, 3.8) is 0 Å². The van der Waals surface area contributed by atoms with Crippen molar-refractivity contribution in [1.29, 1.82) is 0 Å². The van der Waals surface area contributed by atoms with Crippen LogP contribution in [0.4, 0.5) is 0 Å². The van der Waals surface area contributed by atoms with Gasteiger partial charge < -0.3 is 5.11 Å². The van der Waals surface area contributed by atoms with Crippen LogP contribution in [0.1, 0.15) is 21.5 Å². The van der Waals surface area contributed by atoms with Gasteiger partial charge in [-0.15, -0.1) is 0 Å². The van der Waals surface area contributed by atoms with E-state index in [0.717, 1.165) is 11.1 Å². The minimum atomic E-state index is -1.23. The van der Waals surface area contributed by atoms with Gasteiger partial charge in [0, 0.05) is 5.56 Å². The molecule has 1 heterocycles. The molecule has 0 saturated heterocycles. The average molecular weight is 232 g/mol. The zero-order chi connectivity index (χ0) is 12.6. The van der Waals surface area contributed by atoms with Crippen LogP contribution in [0, 0.1) is 13.8 Å². The molecule has 88 valence electrons. The third kappa shape index (κ3) is 1.87. The van der Waals surface area contributed by atoms with Gasteiger partial charge in [-0.25, -0.2) is 4.79 Å². The van der Waals surface area contributed by atoms with Crippen LogP contribution in [-0.4, -0.2) is 21.3 Å². The van der Waals surface area contributed by atoms with E-state index in [9.17, 15) is 9.59 Å². The number of nitrogens with one attached hydrogen (secondary N) is 2. The van der Waals surface area contributed by atoms with Crippen LogP contribution in [-0.2, 0) is 0 Å². The molecule has 0 radical (unpaired) electrons. The Bertz CT molecular complexity index is 637. The Morgan fingerprint density at radius 3 is 2.53 bits per heavy atom. The van der Waals surface area contributed by atoms with Crippen LogP contribution in [0.15, 0.2) is 23.0 Å². The fourth-order valence-corrected chi connectivity index (χ4v) is 1.86. The highest BCUT2D eigenvalue weighted by Gasteiger charge is 2.19. The molecule has 0 atom stereocenters. The Kier molecular flexibility index (Phi) is 2.59. The number of carboxylic acids is 1. The maximum atomic E-state index is 11.4. The smallest absolute Gasteiger partial charge is 0.343 e. The van der Waals surface area contributed by atoms with Crippen molar-refractivity contribution in [1.82, 2.24) is 10.2 Å². The highest BCUT2D eigenvalue weighted by molar-refractivity contribution is 5.94. The van der Waals surface area contributed by atoms with E-state index in [1.54, 1.807) is 6.07 Å². The number of aromatic carboxylic acids is 1. The number of carbonyl (C=O) groups is 1. The zero-order valence-corrected chi connectivity index (χ0v) is 9.50. The topological polar surface area (TPSA) is 86.0 Å². The number of rotatable bonds is 2. The monoisotopic (exact) mass is 232 g/mol. The van der Waals surface area contributed by atoms with Crippen LogP contribution >= 0.6 is 0 Å². The predicted octanol–water partition coefficient (Wildman–Crippen LogP) is 1.69. The summed E-state index contributed by atoms with van der Waals surface area (Å²) in [5.74, 6) is -1.23.